The van der Waals surface area contributed by atoms with Crippen LogP contribution in [-0.4, -0.2) is 10.8 Å². The normalized spacial score (nSPS) is 9.64. The minimum Gasteiger partial charge on any atom is -0.292 e. The Morgan fingerprint density at radius 2 is 2.36 bits per heavy atom. The first-order valence-corrected chi connectivity index (χ1v) is 3.70. The molecule has 0 amide bonds. The molecule has 11 heavy (non-hydrogen) atoms. The number of hydrogen-bond donors (Lipinski definition) is 0. The fraction of sp³-hybridized carbons (Fsp3) is 0.333. The van der Waals surface area contributed by atoms with E-state index >= 15 is 0 Å². The number of aryl methyl sites for hydroxylation is 1. The smallest absolute Gasteiger partial charge is 0.180 e. The summed E-state index contributed by atoms with van der Waals surface area (Å²) in [6.07, 6.45) is 2.19. The van der Waals surface area contributed by atoms with Crippen LogP contribution in [0.2, 0.25) is 0 Å². The molecule has 0 bridgehead atoms. The summed E-state index contributed by atoms with van der Waals surface area (Å²) in [6, 6.07) is 3.69. The van der Waals surface area contributed by atoms with Crippen LogP contribution in [0.15, 0.2) is 18.3 Å². The van der Waals surface area contributed by atoms with Gasteiger partial charge in [-0.05, 0) is 24.6 Å². The number of ketones is 1. The molecule has 0 atom stereocenters. The lowest BCUT2D eigenvalue weighted by Crippen LogP contribution is -1.99. The van der Waals surface area contributed by atoms with Gasteiger partial charge in [0, 0.05) is 12.6 Å². The molecule has 0 saturated heterocycles. The van der Waals surface area contributed by atoms with E-state index in [1.807, 2.05) is 26.0 Å². The van der Waals surface area contributed by atoms with Crippen LogP contribution in [0.3, 0.4) is 0 Å². The molecule has 0 aliphatic heterocycles. The molecule has 0 aromatic carbocycles. The van der Waals surface area contributed by atoms with E-state index < -0.39 is 0 Å². The van der Waals surface area contributed by atoms with E-state index in [1.54, 1.807) is 6.20 Å². The van der Waals surface area contributed by atoms with E-state index in [2.05, 4.69) is 4.98 Å². The van der Waals surface area contributed by atoms with Crippen LogP contribution < -0.4 is 0 Å². The predicted octanol–water partition coefficient (Wildman–Crippen LogP) is 1.98. The van der Waals surface area contributed by atoms with Crippen LogP contribution in [0.1, 0.15) is 29.4 Å². The Labute approximate surface area is 66.3 Å². The number of carbonyl (C=O) groups is 1. The third kappa shape index (κ3) is 1.87. The third-order valence-corrected chi connectivity index (χ3v) is 1.52. The molecule has 0 unspecified atom stereocenters. The van der Waals surface area contributed by atoms with Gasteiger partial charge in [-0.3, -0.25) is 9.78 Å². The van der Waals surface area contributed by atoms with Crippen LogP contribution in [0.25, 0.3) is 0 Å². The van der Waals surface area contributed by atoms with Crippen molar-refractivity contribution in [3.63, 3.8) is 0 Å². The van der Waals surface area contributed by atoms with Gasteiger partial charge in [0.05, 0.1) is 0 Å². The number of nitrogens with zero attached hydrogens (tertiary/aromatic N) is 1. The SMILES string of the molecule is CCC(=O)c1cc(C)ccn1. The molecule has 1 heterocycles. The third-order valence-electron chi connectivity index (χ3n) is 1.52. The summed E-state index contributed by atoms with van der Waals surface area (Å²) >= 11 is 0. The van der Waals surface area contributed by atoms with E-state index in [4.69, 9.17) is 0 Å². The lowest BCUT2D eigenvalue weighted by molar-refractivity contribution is 0.0983. The summed E-state index contributed by atoms with van der Waals surface area (Å²) in [5.74, 6) is 0.105. The van der Waals surface area contributed by atoms with Crippen molar-refractivity contribution in [2.24, 2.45) is 0 Å². The average molecular weight is 149 g/mol. The Hall–Kier alpha value is -1.18. The first kappa shape index (κ1) is 7.92. The van der Waals surface area contributed by atoms with E-state index in [0.29, 0.717) is 12.1 Å². The number of rotatable bonds is 2. The Morgan fingerprint density at radius 3 is 2.91 bits per heavy atom. The molecule has 0 fully saturated rings. The van der Waals surface area contributed by atoms with Crippen LogP contribution in [0.4, 0.5) is 0 Å². The number of pyridine rings is 1. The summed E-state index contributed by atoms with van der Waals surface area (Å²) in [5, 5.41) is 0. The van der Waals surface area contributed by atoms with Gasteiger partial charge in [-0.2, -0.15) is 0 Å². The minimum absolute atomic E-state index is 0.105. The van der Waals surface area contributed by atoms with Crippen molar-refractivity contribution in [2.45, 2.75) is 20.3 Å². The zero-order valence-corrected chi connectivity index (χ0v) is 6.79. The highest BCUT2D eigenvalue weighted by molar-refractivity contribution is 5.94. The largest absolute Gasteiger partial charge is 0.292 e. The highest BCUT2D eigenvalue weighted by atomic mass is 16.1. The van der Waals surface area contributed by atoms with E-state index in [9.17, 15) is 4.79 Å². The fourth-order valence-electron chi connectivity index (χ4n) is 0.870. The summed E-state index contributed by atoms with van der Waals surface area (Å²) in [6.45, 7) is 3.79. The van der Waals surface area contributed by atoms with Crippen LogP contribution in [-0.2, 0) is 0 Å². The van der Waals surface area contributed by atoms with Crippen molar-refractivity contribution < 1.29 is 4.79 Å². The molecule has 0 spiro atoms. The van der Waals surface area contributed by atoms with E-state index in [0.717, 1.165) is 5.56 Å². The van der Waals surface area contributed by atoms with Crippen LogP contribution in [0, 0.1) is 6.92 Å². The van der Waals surface area contributed by atoms with E-state index in [1.165, 1.54) is 0 Å². The second kappa shape index (κ2) is 3.28. The molecule has 0 aliphatic carbocycles. The fourth-order valence-corrected chi connectivity index (χ4v) is 0.870. The Kier molecular flexibility index (Phi) is 2.36. The molecule has 0 saturated carbocycles. The quantitative estimate of drug-likeness (QED) is 0.602. The van der Waals surface area contributed by atoms with Crippen molar-refractivity contribution in [2.75, 3.05) is 0 Å². The number of carbonyl (C=O) groups excluding carboxylic acids is 1. The lowest BCUT2D eigenvalue weighted by Gasteiger charge is -1.96. The van der Waals surface area contributed by atoms with Crippen LogP contribution >= 0.6 is 0 Å². The predicted molar refractivity (Wildman–Crippen MR) is 43.6 cm³/mol. The van der Waals surface area contributed by atoms with Crippen molar-refractivity contribution >= 4 is 5.78 Å². The number of hydrogen-bond acceptors (Lipinski definition) is 2. The first-order valence-electron chi connectivity index (χ1n) is 3.70. The maximum atomic E-state index is 11.1. The molecule has 2 nitrogen and oxygen atoms in total. The molecule has 1 rings (SSSR count). The van der Waals surface area contributed by atoms with Gasteiger partial charge < -0.3 is 0 Å². The molecule has 2 heteroatoms. The van der Waals surface area contributed by atoms with E-state index in [-0.39, 0.29) is 5.78 Å². The Balaban J connectivity index is 2.96. The van der Waals surface area contributed by atoms with Crippen molar-refractivity contribution in [3.8, 4) is 0 Å². The van der Waals surface area contributed by atoms with Gasteiger partial charge in [0.25, 0.3) is 0 Å². The van der Waals surface area contributed by atoms with Crippen LogP contribution in [0.5, 0.6) is 0 Å². The van der Waals surface area contributed by atoms with Gasteiger partial charge in [-0.15, -0.1) is 0 Å². The minimum atomic E-state index is 0.105. The summed E-state index contributed by atoms with van der Waals surface area (Å²) in [7, 11) is 0. The van der Waals surface area contributed by atoms with Gasteiger partial charge >= 0.3 is 0 Å². The number of Topliss-reactive ketones (excluding diaryl/α,β-unsaturated/α-hetero) is 1. The van der Waals surface area contributed by atoms with Gasteiger partial charge in [0.1, 0.15) is 5.69 Å². The topological polar surface area (TPSA) is 30.0 Å². The lowest BCUT2D eigenvalue weighted by atomic mass is 10.2. The van der Waals surface area contributed by atoms with Crippen molar-refractivity contribution in [1.29, 1.82) is 0 Å². The number of aromatic nitrogens is 1. The van der Waals surface area contributed by atoms with Gasteiger partial charge in [0.15, 0.2) is 5.78 Å². The molecule has 1 aromatic rings. The van der Waals surface area contributed by atoms with Gasteiger partial charge in [0.2, 0.25) is 0 Å². The molecular weight excluding hydrogens is 138 g/mol. The summed E-state index contributed by atoms with van der Waals surface area (Å²) in [5.41, 5.74) is 1.66. The van der Waals surface area contributed by atoms with Crippen molar-refractivity contribution in [1.82, 2.24) is 4.98 Å². The average Bonchev–Trinajstić information content (AvgIpc) is 2.03. The first-order chi connectivity index (χ1) is 5.24. The summed E-state index contributed by atoms with van der Waals surface area (Å²) in [4.78, 5) is 15.1. The Bertz CT molecular complexity index is 268. The maximum absolute atomic E-state index is 11.1. The monoisotopic (exact) mass is 149 g/mol. The standard InChI is InChI=1S/C9H11NO/c1-3-9(11)8-6-7(2)4-5-10-8/h4-6H,3H2,1-2H3. The molecular formula is C9H11NO. The zero-order valence-electron chi connectivity index (χ0n) is 6.79. The molecule has 0 aliphatic rings. The Morgan fingerprint density at radius 1 is 1.64 bits per heavy atom. The van der Waals surface area contributed by atoms with Gasteiger partial charge in [-0.25, -0.2) is 0 Å². The molecule has 0 radical (unpaired) electrons. The highest BCUT2D eigenvalue weighted by Gasteiger charge is 2.02. The second-order valence-electron chi connectivity index (χ2n) is 2.50. The maximum Gasteiger partial charge on any atom is 0.180 e. The second-order valence-corrected chi connectivity index (χ2v) is 2.50. The molecule has 1 aromatic heterocycles. The summed E-state index contributed by atoms with van der Waals surface area (Å²) < 4.78 is 0. The molecule has 0 N–H and O–H groups in total. The zero-order chi connectivity index (χ0) is 8.27. The van der Waals surface area contributed by atoms with Gasteiger partial charge in [-0.1, -0.05) is 6.92 Å². The molecule has 58 valence electrons. The van der Waals surface area contributed by atoms with Crippen molar-refractivity contribution in [3.05, 3.63) is 29.6 Å². The highest BCUT2D eigenvalue weighted by Crippen LogP contribution is 2.02.